The lowest BCUT2D eigenvalue weighted by molar-refractivity contribution is 0.460. The van der Waals surface area contributed by atoms with Crippen molar-refractivity contribution in [1.29, 1.82) is 0 Å². The largest absolute Gasteiger partial charge is 0.316 e. The van der Waals surface area contributed by atoms with E-state index in [1.165, 1.54) is 37.9 Å². The molecule has 1 heterocycles. The number of thioether (sulfide) groups is 1. The van der Waals surface area contributed by atoms with Crippen molar-refractivity contribution in [1.82, 2.24) is 5.32 Å². The van der Waals surface area contributed by atoms with Crippen molar-refractivity contribution in [2.75, 3.05) is 12.8 Å². The molecule has 14 heavy (non-hydrogen) atoms. The Labute approximate surface area is 92.7 Å². The zero-order valence-electron chi connectivity index (χ0n) is 9.30. The highest BCUT2D eigenvalue weighted by atomic mass is 32.2. The number of nitrogens with one attached hydrogen (secondary N) is 1. The first-order chi connectivity index (χ1) is 6.88. The van der Waals surface area contributed by atoms with Gasteiger partial charge in [0.2, 0.25) is 0 Å². The highest BCUT2D eigenvalue weighted by Gasteiger charge is 2.21. The van der Waals surface area contributed by atoms with E-state index in [4.69, 9.17) is 0 Å². The summed E-state index contributed by atoms with van der Waals surface area (Å²) in [6.45, 7) is 3.77. The minimum atomic E-state index is 0.722. The third kappa shape index (κ3) is 4.05. The van der Waals surface area contributed by atoms with Gasteiger partial charge >= 0.3 is 0 Å². The van der Waals surface area contributed by atoms with Crippen LogP contribution in [0.2, 0.25) is 0 Å². The molecule has 82 valence electrons. The summed E-state index contributed by atoms with van der Waals surface area (Å²) in [6, 6.07) is 0.722. The Morgan fingerprint density at radius 2 is 2.43 bits per heavy atom. The average molecular weight is 213 g/mol. The maximum Gasteiger partial charge on any atom is 0.0201 e. The first-order valence-electron chi connectivity index (χ1n) is 5.78. The summed E-state index contributed by atoms with van der Waals surface area (Å²) in [5.41, 5.74) is 0. The van der Waals surface area contributed by atoms with Gasteiger partial charge in [-0.15, -0.1) is 6.58 Å². The van der Waals surface area contributed by atoms with Crippen molar-refractivity contribution >= 4 is 11.8 Å². The van der Waals surface area contributed by atoms with E-state index < -0.39 is 0 Å². The molecular formula is C12H23NS. The van der Waals surface area contributed by atoms with Crippen LogP contribution in [0.3, 0.4) is 0 Å². The Morgan fingerprint density at radius 1 is 1.57 bits per heavy atom. The number of hydrogen-bond donors (Lipinski definition) is 1. The Balaban J connectivity index is 2.24. The maximum atomic E-state index is 3.77. The summed E-state index contributed by atoms with van der Waals surface area (Å²) < 4.78 is 0. The molecule has 0 bridgehead atoms. The SMILES string of the molecule is C=CCCCC(NC)C1CCCCS1. The van der Waals surface area contributed by atoms with Crippen LogP contribution in [-0.4, -0.2) is 24.1 Å². The van der Waals surface area contributed by atoms with Crippen LogP contribution in [0.4, 0.5) is 0 Å². The molecule has 0 radical (unpaired) electrons. The second-order valence-electron chi connectivity index (χ2n) is 4.02. The van der Waals surface area contributed by atoms with Gasteiger partial charge in [0.15, 0.2) is 0 Å². The van der Waals surface area contributed by atoms with Crippen molar-refractivity contribution in [2.45, 2.75) is 49.8 Å². The lowest BCUT2D eigenvalue weighted by Gasteiger charge is -2.29. The van der Waals surface area contributed by atoms with E-state index in [1.807, 2.05) is 6.08 Å². The van der Waals surface area contributed by atoms with Crippen LogP contribution in [0.5, 0.6) is 0 Å². The van der Waals surface area contributed by atoms with Crippen LogP contribution < -0.4 is 5.32 Å². The zero-order valence-corrected chi connectivity index (χ0v) is 10.1. The number of hydrogen-bond acceptors (Lipinski definition) is 2. The molecule has 1 aliphatic heterocycles. The van der Waals surface area contributed by atoms with Crippen LogP contribution in [0.25, 0.3) is 0 Å². The second kappa shape index (κ2) is 7.36. The molecule has 0 aromatic heterocycles. The van der Waals surface area contributed by atoms with E-state index in [0.717, 1.165) is 17.7 Å². The third-order valence-electron chi connectivity index (χ3n) is 2.96. The summed E-state index contributed by atoms with van der Waals surface area (Å²) >= 11 is 2.17. The summed E-state index contributed by atoms with van der Waals surface area (Å²) in [5.74, 6) is 1.37. The topological polar surface area (TPSA) is 12.0 Å². The maximum absolute atomic E-state index is 3.77. The number of allylic oxidation sites excluding steroid dienone is 1. The predicted octanol–water partition coefficient (Wildman–Crippen LogP) is 3.22. The normalized spacial score (nSPS) is 24.5. The lowest BCUT2D eigenvalue weighted by Crippen LogP contribution is -2.37. The molecule has 1 N–H and O–H groups in total. The van der Waals surface area contributed by atoms with Crippen LogP contribution >= 0.6 is 11.8 Å². The van der Waals surface area contributed by atoms with Crippen LogP contribution in [0.15, 0.2) is 12.7 Å². The van der Waals surface area contributed by atoms with E-state index >= 15 is 0 Å². The molecule has 0 saturated carbocycles. The van der Waals surface area contributed by atoms with Crippen LogP contribution in [0.1, 0.15) is 38.5 Å². The molecule has 0 aliphatic carbocycles. The van der Waals surface area contributed by atoms with Crippen molar-refractivity contribution in [3.05, 3.63) is 12.7 Å². The van der Waals surface area contributed by atoms with Gasteiger partial charge < -0.3 is 5.32 Å². The van der Waals surface area contributed by atoms with Crippen molar-refractivity contribution < 1.29 is 0 Å². The van der Waals surface area contributed by atoms with Crippen LogP contribution in [-0.2, 0) is 0 Å². The standard InChI is InChI=1S/C12H23NS/c1-3-4-5-8-11(13-2)12-9-6-7-10-14-12/h3,11-13H,1,4-10H2,2H3. The molecule has 2 atom stereocenters. The van der Waals surface area contributed by atoms with Gasteiger partial charge in [-0.1, -0.05) is 12.5 Å². The highest BCUT2D eigenvalue weighted by Crippen LogP contribution is 2.29. The van der Waals surface area contributed by atoms with E-state index in [9.17, 15) is 0 Å². The monoisotopic (exact) mass is 213 g/mol. The average Bonchev–Trinajstić information content (AvgIpc) is 2.26. The molecule has 2 heteroatoms. The lowest BCUT2D eigenvalue weighted by atomic mass is 10.0. The molecule has 1 aliphatic rings. The molecule has 1 fully saturated rings. The van der Waals surface area contributed by atoms with E-state index in [1.54, 1.807) is 0 Å². The molecule has 0 amide bonds. The zero-order chi connectivity index (χ0) is 10.2. The molecular weight excluding hydrogens is 190 g/mol. The Morgan fingerprint density at radius 3 is 3.00 bits per heavy atom. The fourth-order valence-corrected chi connectivity index (χ4v) is 3.59. The Bertz CT molecular complexity index is 152. The predicted molar refractivity (Wildman–Crippen MR) is 67.0 cm³/mol. The van der Waals surface area contributed by atoms with Crippen molar-refractivity contribution in [3.8, 4) is 0 Å². The van der Waals surface area contributed by atoms with Gasteiger partial charge in [-0.05, 0) is 44.9 Å². The Kier molecular flexibility index (Phi) is 6.37. The van der Waals surface area contributed by atoms with Gasteiger partial charge in [0.25, 0.3) is 0 Å². The summed E-state index contributed by atoms with van der Waals surface area (Å²) in [4.78, 5) is 0. The minimum absolute atomic E-state index is 0.722. The second-order valence-corrected chi connectivity index (χ2v) is 5.37. The van der Waals surface area contributed by atoms with Crippen molar-refractivity contribution in [2.24, 2.45) is 0 Å². The van der Waals surface area contributed by atoms with Gasteiger partial charge in [0.05, 0.1) is 0 Å². The molecule has 0 aromatic carbocycles. The van der Waals surface area contributed by atoms with Gasteiger partial charge in [0.1, 0.15) is 0 Å². The molecule has 1 saturated heterocycles. The fourth-order valence-electron chi connectivity index (χ4n) is 2.08. The quantitative estimate of drug-likeness (QED) is 0.537. The highest BCUT2D eigenvalue weighted by molar-refractivity contribution is 8.00. The first kappa shape index (κ1) is 12.1. The van der Waals surface area contributed by atoms with Gasteiger partial charge in [-0.2, -0.15) is 11.8 Å². The number of unbranched alkanes of at least 4 members (excludes halogenated alkanes) is 1. The first-order valence-corrected chi connectivity index (χ1v) is 6.83. The number of rotatable bonds is 6. The molecule has 1 nitrogen and oxygen atoms in total. The summed E-state index contributed by atoms with van der Waals surface area (Å²) in [5, 5.41) is 4.34. The van der Waals surface area contributed by atoms with E-state index in [2.05, 4.69) is 30.7 Å². The fraction of sp³-hybridized carbons (Fsp3) is 0.833. The smallest absolute Gasteiger partial charge is 0.0201 e. The Hall–Kier alpha value is 0.0500. The summed E-state index contributed by atoms with van der Waals surface area (Å²) in [7, 11) is 2.10. The summed E-state index contributed by atoms with van der Waals surface area (Å²) in [6.07, 6.45) is 10.0. The molecule has 2 unspecified atom stereocenters. The van der Waals surface area contributed by atoms with Gasteiger partial charge in [-0.25, -0.2) is 0 Å². The van der Waals surface area contributed by atoms with E-state index in [0.29, 0.717) is 0 Å². The van der Waals surface area contributed by atoms with Gasteiger partial charge in [-0.3, -0.25) is 0 Å². The van der Waals surface area contributed by atoms with Gasteiger partial charge in [0, 0.05) is 11.3 Å². The van der Waals surface area contributed by atoms with Crippen LogP contribution in [0, 0.1) is 0 Å². The molecule has 0 aromatic rings. The molecule has 0 spiro atoms. The third-order valence-corrected chi connectivity index (χ3v) is 4.47. The van der Waals surface area contributed by atoms with E-state index in [-0.39, 0.29) is 0 Å². The molecule has 1 rings (SSSR count). The van der Waals surface area contributed by atoms with Crippen molar-refractivity contribution in [3.63, 3.8) is 0 Å². The minimum Gasteiger partial charge on any atom is -0.316 e.